The van der Waals surface area contributed by atoms with Gasteiger partial charge < -0.3 is 40.9 Å². The summed E-state index contributed by atoms with van der Waals surface area (Å²) >= 11 is 0. The van der Waals surface area contributed by atoms with E-state index in [4.69, 9.17) is 0 Å². The Bertz CT molecular complexity index is 812. The molecule has 0 aromatic carbocycles. The third kappa shape index (κ3) is 3.76. The van der Waals surface area contributed by atoms with Crippen LogP contribution in [0.15, 0.2) is 0 Å². The van der Waals surface area contributed by atoms with E-state index in [9.17, 15) is 60.0 Å². The predicted molar refractivity (Wildman–Crippen MR) is 98.3 cm³/mol. The third-order valence-corrected chi connectivity index (χ3v) is 6.80. The first-order chi connectivity index (χ1) is 15.2. The highest BCUT2D eigenvalue weighted by molar-refractivity contribution is 6.14. The van der Waals surface area contributed by atoms with Gasteiger partial charge in [0.25, 0.3) is 0 Å². The third-order valence-electron chi connectivity index (χ3n) is 6.80. The zero-order valence-electron chi connectivity index (χ0n) is 17.2. The van der Waals surface area contributed by atoms with Crippen LogP contribution in [0, 0.1) is 5.41 Å². The number of aliphatic hydroxyl groups is 8. The molecule has 1 spiro atoms. The van der Waals surface area contributed by atoms with Gasteiger partial charge in [0.15, 0.2) is 28.2 Å². The molecule has 0 aliphatic heterocycles. The van der Waals surface area contributed by atoms with Gasteiger partial charge in [-0.15, -0.1) is 0 Å². The lowest BCUT2D eigenvalue weighted by Gasteiger charge is -2.52. The van der Waals surface area contributed by atoms with E-state index < -0.39 is 96.0 Å². The average Bonchev–Trinajstić information content (AvgIpc) is 2.73. The van der Waals surface area contributed by atoms with Gasteiger partial charge >= 0.3 is 11.9 Å². The fourth-order valence-electron chi connectivity index (χ4n) is 4.95. The molecule has 33 heavy (non-hydrogen) atoms. The Balaban J connectivity index is 1.86. The summed E-state index contributed by atoms with van der Waals surface area (Å²) in [7, 11) is 0. The quantitative estimate of drug-likeness (QED) is 0.105. The van der Waals surface area contributed by atoms with Crippen LogP contribution in [-0.2, 0) is 29.0 Å². The zero-order valence-corrected chi connectivity index (χ0v) is 17.2. The number of hydrogen-bond donors (Lipinski definition) is 8. The molecule has 8 N–H and O–H groups in total. The van der Waals surface area contributed by atoms with Crippen molar-refractivity contribution in [3.63, 3.8) is 0 Å². The molecule has 3 rings (SSSR count). The lowest BCUT2D eigenvalue weighted by atomic mass is 9.52. The van der Waals surface area contributed by atoms with Gasteiger partial charge in [-0.25, -0.2) is 19.4 Å². The molecule has 0 aromatic rings. The Morgan fingerprint density at radius 1 is 0.727 bits per heavy atom. The maximum Gasteiger partial charge on any atom is 0.388 e. The molecule has 3 fully saturated rings. The van der Waals surface area contributed by atoms with E-state index in [0.29, 0.717) is 0 Å². The van der Waals surface area contributed by atoms with Crippen molar-refractivity contribution in [2.75, 3.05) is 0 Å². The second-order valence-electron chi connectivity index (χ2n) is 8.88. The van der Waals surface area contributed by atoms with Gasteiger partial charge in [0, 0.05) is 32.1 Å². The van der Waals surface area contributed by atoms with Crippen molar-refractivity contribution < 1.29 is 69.8 Å². The zero-order chi connectivity index (χ0) is 24.9. The summed E-state index contributed by atoms with van der Waals surface area (Å²) in [6.45, 7) is 0. The molecule has 14 nitrogen and oxygen atoms in total. The Morgan fingerprint density at radius 3 is 1.70 bits per heavy atom. The van der Waals surface area contributed by atoms with Gasteiger partial charge in [0.2, 0.25) is 0 Å². The minimum atomic E-state index is -3.25. The summed E-state index contributed by atoms with van der Waals surface area (Å²) in [5, 5.41) is 80.9. The molecule has 186 valence electrons. The molecule has 0 saturated heterocycles. The van der Waals surface area contributed by atoms with Gasteiger partial charge in [-0.3, -0.25) is 9.59 Å². The minimum Gasteiger partial charge on any atom is -0.390 e. The molecule has 0 radical (unpaired) electrons. The molecule has 0 heterocycles. The second kappa shape index (κ2) is 8.63. The molecular formula is C19H26O14. The molecule has 6 atom stereocenters. The Hall–Kier alpha value is -2.04. The Morgan fingerprint density at radius 2 is 1.18 bits per heavy atom. The van der Waals surface area contributed by atoms with Crippen molar-refractivity contribution in [1.29, 1.82) is 0 Å². The normalized spacial score (nSPS) is 43.3. The van der Waals surface area contributed by atoms with Crippen molar-refractivity contribution in [1.82, 2.24) is 0 Å². The van der Waals surface area contributed by atoms with E-state index in [-0.39, 0.29) is 19.3 Å². The second-order valence-corrected chi connectivity index (χ2v) is 8.88. The van der Waals surface area contributed by atoms with Crippen LogP contribution in [0.5, 0.6) is 0 Å². The van der Waals surface area contributed by atoms with E-state index in [1.807, 2.05) is 0 Å². The number of aliphatic hydroxyl groups excluding tert-OH is 6. The Labute approximate surface area is 185 Å². The molecule has 0 aromatic heterocycles. The van der Waals surface area contributed by atoms with Crippen molar-refractivity contribution in [2.45, 2.75) is 86.4 Å². The summed E-state index contributed by atoms with van der Waals surface area (Å²) in [6.07, 6.45) is -15.0. The number of carbonyl (C=O) groups excluding carboxylic acids is 4. The van der Waals surface area contributed by atoms with E-state index in [2.05, 4.69) is 9.78 Å². The lowest BCUT2D eigenvalue weighted by molar-refractivity contribution is -0.299. The number of hydrogen-bond acceptors (Lipinski definition) is 14. The van der Waals surface area contributed by atoms with Gasteiger partial charge in [0.1, 0.15) is 18.3 Å². The largest absolute Gasteiger partial charge is 0.390 e. The molecule has 0 bridgehead atoms. The molecule has 2 unspecified atom stereocenters. The fraction of sp³-hybridized carbons (Fsp3) is 0.789. The first-order valence-electron chi connectivity index (χ1n) is 10.3. The highest BCUT2D eigenvalue weighted by atomic mass is 17.2. The van der Waals surface area contributed by atoms with E-state index >= 15 is 0 Å². The first-order valence-corrected chi connectivity index (χ1v) is 10.3. The standard InChI is InChI=1S/C19H26O14/c20-7-4-17(30,5-8(21)12(7)25)15(28)32-33-16(29)18(31)6-9(22)13(26)14(27)19(18)10(23)2-1-3-11(19)24/h7-9,12-14,20-22,25-27,30-31H,1-6H2/t7-,8-,9-,12?,13?,14+,17?,18?/m1/s1. The Kier molecular flexibility index (Phi) is 6.69. The van der Waals surface area contributed by atoms with Crippen LogP contribution in [0.2, 0.25) is 0 Å². The van der Waals surface area contributed by atoms with E-state index in [1.165, 1.54) is 0 Å². The molecule has 3 aliphatic rings. The molecular weight excluding hydrogens is 452 g/mol. The number of ketones is 2. The van der Waals surface area contributed by atoms with Crippen LogP contribution in [-0.4, -0.2) is 112 Å². The number of carbonyl (C=O) groups is 4. The topological polar surface area (TPSA) is 249 Å². The van der Waals surface area contributed by atoms with Gasteiger partial charge in [0.05, 0.1) is 18.3 Å². The van der Waals surface area contributed by atoms with Crippen molar-refractivity contribution in [3.05, 3.63) is 0 Å². The molecule has 14 heteroatoms. The van der Waals surface area contributed by atoms with E-state index in [1.54, 1.807) is 0 Å². The summed E-state index contributed by atoms with van der Waals surface area (Å²) in [6, 6.07) is 0. The van der Waals surface area contributed by atoms with Gasteiger partial charge in [-0.1, -0.05) is 0 Å². The van der Waals surface area contributed by atoms with Crippen molar-refractivity contribution >= 4 is 23.5 Å². The fourth-order valence-corrected chi connectivity index (χ4v) is 4.95. The highest BCUT2D eigenvalue weighted by Gasteiger charge is 2.74. The average molecular weight is 478 g/mol. The maximum atomic E-state index is 12.8. The lowest BCUT2D eigenvalue weighted by Crippen LogP contribution is -2.75. The van der Waals surface area contributed by atoms with Crippen LogP contribution in [0.3, 0.4) is 0 Å². The van der Waals surface area contributed by atoms with Crippen molar-refractivity contribution in [3.8, 4) is 0 Å². The van der Waals surface area contributed by atoms with Crippen LogP contribution in [0.4, 0.5) is 0 Å². The highest BCUT2D eigenvalue weighted by Crippen LogP contribution is 2.50. The summed E-state index contributed by atoms with van der Waals surface area (Å²) in [5.41, 5.74) is -8.76. The summed E-state index contributed by atoms with van der Waals surface area (Å²) < 4.78 is 0. The number of Topliss-reactive ketones (excluding diaryl/α,β-unsaturated/α-hetero) is 2. The van der Waals surface area contributed by atoms with Crippen molar-refractivity contribution in [2.24, 2.45) is 5.41 Å². The van der Waals surface area contributed by atoms with Crippen LogP contribution >= 0.6 is 0 Å². The van der Waals surface area contributed by atoms with Crippen LogP contribution in [0.25, 0.3) is 0 Å². The summed E-state index contributed by atoms with van der Waals surface area (Å²) in [4.78, 5) is 59.1. The molecule has 3 aliphatic carbocycles. The minimum absolute atomic E-state index is 0.0500. The van der Waals surface area contributed by atoms with E-state index in [0.717, 1.165) is 0 Å². The first kappa shape index (κ1) is 25.6. The van der Waals surface area contributed by atoms with Crippen LogP contribution in [0.1, 0.15) is 38.5 Å². The van der Waals surface area contributed by atoms with Gasteiger partial charge in [-0.2, -0.15) is 0 Å². The summed E-state index contributed by atoms with van der Waals surface area (Å²) in [5.74, 6) is -5.83. The SMILES string of the molecule is O=C(OOC(=O)C1(O)C[C@@H](O)C(O)[C@H](O)C12C(=O)CCCC2=O)C1(O)C[C@@H](O)C(O)[C@H](O)C1. The molecule has 3 saturated carbocycles. The maximum absolute atomic E-state index is 12.8. The van der Waals surface area contributed by atoms with Crippen LogP contribution < -0.4 is 0 Å². The monoisotopic (exact) mass is 478 g/mol. The van der Waals surface area contributed by atoms with Gasteiger partial charge in [-0.05, 0) is 6.42 Å². The number of rotatable bonds is 2. The smallest absolute Gasteiger partial charge is 0.388 e. The predicted octanol–water partition coefficient (Wildman–Crippen LogP) is -4.88. The molecule has 0 amide bonds.